The SMILES string of the molecule is N#Cc1cc(F)c(Nc2cccc(F)c2C(F)(F)F)nc1Cl.Nc1[nH]nc2nc(Nc3cccc(F)c3C(F)(F)F)c(F)cc12. The highest BCUT2D eigenvalue weighted by molar-refractivity contribution is 6.30. The molecule has 0 fully saturated rings. The Labute approximate surface area is 249 Å². The second-order valence-electron chi connectivity index (χ2n) is 8.67. The minimum atomic E-state index is -4.99. The molecule has 0 atom stereocenters. The fourth-order valence-corrected chi connectivity index (χ4v) is 3.93. The minimum absolute atomic E-state index is 0.0105. The van der Waals surface area contributed by atoms with Crippen molar-refractivity contribution in [3.63, 3.8) is 0 Å². The summed E-state index contributed by atoms with van der Waals surface area (Å²) in [5, 5.41) is 18.7. The summed E-state index contributed by atoms with van der Waals surface area (Å²) < 4.78 is 132. The smallest absolute Gasteiger partial charge is 0.384 e. The van der Waals surface area contributed by atoms with Gasteiger partial charge in [-0.05, 0) is 36.4 Å². The third-order valence-electron chi connectivity index (χ3n) is 5.68. The van der Waals surface area contributed by atoms with Gasteiger partial charge in [-0.3, -0.25) is 5.10 Å². The molecule has 5 rings (SSSR count). The maximum Gasteiger partial charge on any atom is 0.421 e. The molecule has 234 valence electrons. The Balaban J connectivity index is 0.000000205. The van der Waals surface area contributed by atoms with E-state index in [1.54, 1.807) is 6.07 Å². The molecule has 0 unspecified atom stereocenters. The van der Waals surface area contributed by atoms with Gasteiger partial charge < -0.3 is 16.4 Å². The van der Waals surface area contributed by atoms with E-state index in [1.165, 1.54) is 0 Å². The van der Waals surface area contributed by atoms with Crippen molar-refractivity contribution in [3.05, 3.63) is 93.6 Å². The molecule has 0 aliphatic carbocycles. The van der Waals surface area contributed by atoms with Crippen molar-refractivity contribution >= 4 is 51.5 Å². The lowest BCUT2D eigenvalue weighted by Gasteiger charge is -2.15. The van der Waals surface area contributed by atoms with Crippen molar-refractivity contribution in [2.45, 2.75) is 12.4 Å². The van der Waals surface area contributed by atoms with Crippen LogP contribution in [0, 0.1) is 34.6 Å². The molecule has 5 aromatic rings. The highest BCUT2D eigenvalue weighted by Crippen LogP contribution is 2.39. The van der Waals surface area contributed by atoms with Gasteiger partial charge in [-0.15, -0.1) is 0 Å². The molecule has 45 heavy (non-hydrogen) atoms. The van der Waals surface area contributed by atoms with Crippen LogP contribution in [0.5, 0.6) is 0 Å². The van der Waals surface area contributed by atoms with E-state index < -0.39 is 74.9 Å². The van der Waals surface area contributed by atoms with E-state index in [2.05, 4.69) is 25.5 Å². The molecular weight excluding hydrogens is 650 g/mol. The summed E-state index contributed by atoms with van der Waals surface area (Å²) in [6.45, 7) is 0. The van der Waals surface area contributed by atoms with E-state index >= 15 is 0 Å². The van der Waals surface area contributed by atoms with Gasteiger partial charge in [0.25, 0.3) is 0 Å². The largest absolute Gasteiger partial charge is 0.421 e. The van der Waals surface area contributed by atoms with Crippen molar-refractivity contribution in [1.82, 2.24) is 20.2 Å². The molecule has 0 radical (unpaired) electrons. The van der Waals surface area contributed by atoms with Crippen molar-refractivity contribution in [2.75, 3.05) is 16.4 Å². The van der Waals surface area contributed by atoms with Crippen LogP contribution in [0.1, 0.15) is 16.7 Å². The summed E-state index contributed by atoms with van der Waals surface area (Å²) in [7, 11) is 0. The zero-order valence-electron chi connectivity index (χ0n) is 21.6. The van der Waals surface area contributed by atoms with E-state index in [1.807, 2.05) is 5.32 Å². The number of nitrogens with one attached hydrogen (secondary N) is 3. The predicted octanol–water partition coefficient (Wildman–Crippen LogP) is 8.23. The molecule has 5 N–H and O–H groups in total. The average molecular weight is 663 g/mol. The summed E-state index contributed by atoms with van der Waals surface area (Å²) >= 11 is 5.59. The third kappa shape index (κ3) is 7.09. The van der Waals surface area contributed by atoms with Crippen LogP contribution in [0.4, 0.5) is 72.7 Å². The zero-order valence-corrected chi connectivity index (χ0v) is 22.4. The van der Waals surface area contributed by atoms with Gasteiger partial charge >= 0.3 is 12.4 Å². The van der Waals surface area contributed by atoms with Gasteiger partial charge in [0.2, 0.25) is 0 Å². The van der Waals surface area contributed by atoms with Crippen molar-refractivity contribution in [3.8, 4) is 6.07 Å². The lowest BCUT2D eigenvalue weighted by atomic mass is 10.1. The van der Waals surface area contributed by atoms with Gasteiger partial charge in [0.15, 0.2) is 28.9 Å². The van der Waals surface area contributed by atoms with Gasteiger partial charge in [-0.1, -0.05) is 23.7 Å². The number of hydrogen-bond donors (Lipinski definition) is 4. The van der Waals surface area contributed by atoms with Gasteiger partial charge in [-0.2, -0.15) is 36.7 Å². The molecule has 0 bridgehead atoms. The first-order valence-corrected chi connectivity index (χ1v) is 12.2. The van der Waals surface area contributed by atoms with Crippen molar-refractivity contribution in [1.29, 1.82) is 5.26 Å². The zero-order chi connectivity index (χ0) is 33.3. The van der Waals surface area contributed by atoms with Crippen LogP contribution in [-0.2, 0) is 12.4 Å². The lowest BCUT2D eigenvalue weighted by Crippen LogP contribution is -2.12. The molecule has 0 amide bonds. The number of alkyl halides is 6. The second kappa shape index (κ2) is 12.4. The number of nitrogens with two attached hydrogens (primary N) is 1. The molecule has 3 heterocycles. The highest BCUT2D eigenvalue weighted by atomic mass is 35.5. The fraction of sp³-hybridized carbons (Fsp3) is 0.0769. The third-order valence-corrected chi connectivity index (χ3v) is 5.97. The van der Waals surface area contributed by atoms with Gasteiger partial charge in [0.1, 0.15) is 39.8 Å². The standard InChI is InChI=1S/C13H5ClF5N3.C13H8F5N5/c14-11-6(5-20)4-8(16)12(22-11)21-9-3-1-2-7(15)10(9)13(17,18)19;14-6-2-1-3-8(9(6)13(16,17)18)20-12-7(15)4-5-10(19)22-23-11(5)21-12/h1-4H,(H,21,22);1-4H,(H4,19,20,21,22,23). The Morgan fingerprint density at radius 3 is 1.73 bits per heavy atom. The maximum atomic E-state index is 14.0. The number of nitriles is 1. The number of rotatable bonds is 4. The first-order valence-electron chi connectivity index (χ1n) is 11.8. The summed E-state index contributed by atoms with van der Waals surface area (Å²) in [5.74, 6) is -6.16. The molecule has 0 aliphatic rings. The molecule has 0 aliphatic heterocycles. The number of anilines is 5. The Bertz CT molecular complexity index is 1930. The topological polar surface area (TPSA) is 128 Å². The van der Waals surface area contributed by atoms with Crippen LogP contribution in [0.25, 0.3) is 11.0 Å². The Hall–Kier alpha value is -5.31. The number of halogens is 11. The first kappa shape index (κ1) is 32.6. The highest BCUT2D eigenvalue weighted by Gasteiger charge is 2.38. The van der Waals surface area contributed by atoms with Crippen molar-refractivity contribution < 1.29 is 43.9 Å². The number of benzene rings is 2. The molecule has 2 aromatic carbocycles. The van der Waals surface area contributed by atoms with E-state index in [0.717, 1.165) is 30.3 Å². The molecule has 8 nitrogen and oxygen atoms in total. The normalized spacial score (nSPS) is 11.5. The molecule has 3 aromatic heterocycles. The lowest BCUT2D eigenvalue weighted by molar-refractivity contribution is -0.140. The second-order valence-corrected chi connectivity index (χ2v) is 9.02. The summed E-state index contributed by atoms with van der Waals surface area (Å²) in [6, 6.07) is 8.51. The van der Waals surface area contributed by atoms with Crippen molar-refractivity contribution in [2.24, 2.45) is 0 Å². The number of nitrogen functional groups attached to an aromatic ring is 1. The Morgan fingerprint density at radius 2 is 1.24 bits per heavy atom. The molecule has 0 saturated heterocycles. The molecule has 19 heteroatoms. The molecular formula is C26H13ClF10N8. The van der Waals surface area contributed by atoms with Crippen LogP contribution in [0.2, 0.25) is 5.15 Å². The van der Waals surface area contributed by atoms with Crippen LogP contribution in [0.15, 0.2) is 48.5 Å². The number of pyridine rings is 2. The monoisotopic (exact) mass is 662 g/mol. The van der Waals surface area contributed by atoms with E-state index in [4.69, 9.17) is 22.6 Å². The number of aromatic amines is 1. The number of hydrogen-bond acceptors (Lipinski definition) is 7. The first-order chi connectivity index (χ1) is 21.0. The fourth-order valence-electron chi connectivity index (χ4n) is 3.74. The van der Waals surface area contributed by atoms with E-state index in [0.29, 0.717) is 18.2 Å². The predicted molar refractivity (Wildman–Crippen MR) is 142 cm³/mol. The van der Waals surface area contributed by atoms with Crippen LogP contribution in [0.3, 0.4) is 0 Å². The summed E-state index contributed by atoms with van der Waals surface area (Å²) in [4.78, 5) is 7.20. The average Bonchev–Trinajstić information content (AvgIpc) is 3.28. The number of fused-ring (bicyclic) bond motifs is 1. The van der Waals surface area contributed by atoms with Crippen LogP contribution in [-0.4, -0.2) is 20.2 Å². The Kier molecular flexibility index (Phi) is 8.95. The molecule has 0 saturated carbocycles. The quantitative estimate of drug-likeness (QED) is 0.113. The maximum absolute atomic E-state index is 14.0. The van der Waals surface area contributed by atoms with Crippen LogP contribution >= 0.6 is 11.6 Å². The summed E-state index contributed by atoms with van der Waals surface area (Å²) in [6.07, 6.45) is -9.94. The van der Waals surface area contributed by atoms with Gasteiger partial charge in [-0.25, -0.2) is 27.5 Å². The van der Waals surface area contributed by atoms with Gasteiger partial charge in [0.05, 0.1) is 22.3 Å². The van der Waals surface area contributed by atoms with Crippen LogP contribution < -0.4 is 16.4 Å². The van der Waals surface area contributed by atoms with E-state index in [9.17, 15) is 43.9 Å². The minimum Gasteiger partial charge on any atom is -0.384 e. The van der Waals surface area contributed by atoms with E-state index in [-0.39, 0.29) is 22.4 Å². The molecule has 0 spiro atoms. The Morgan fingerprint density at radius 1 is 0.756 bits per heavy atom. The summed E-state index contributed by atoms with van der Waals surface area (Å²) in [5.41, 5.74) is 0.730. The van der Waals surface area contributed by atoms with Gasteiger partial charge in [0, 0.05) is 0 Å². The number of H-pyrrole nitrogens is 1. The number of nitrogens with zero attached hydrogens (tertiary/aromatic N) is 4. The number of aromatic nitrogens is 4.